The molecule has 0 bridgehead atoms. The molecule has 1 aromatic rings. The van der Waals surface area contributed by atoms with Crippen molar-refractivity contribution in [2.45, 2.75) is 20.3 Å². The van der Waals surface area contributed by atoms with Crippen LogP contribution in [0.2, 0.25) is 10.0 Å². The van der Waals surface area contributed by atoms with Crippen LogP contribution in [0, 0.1) is 16.7 Å². The molecule has 0 aliphatic rings. The molecule has 0 radical (unpaired) electrons. The first-order valence-electron chi connectivity index (χ1n) is 4.94. The lowest BCUT2D eigenvalue weighted by atomic mass is 9.92. The standard InChI is InChI=1S/C12H13Cl2NO/c1-12(2,8-15)6-7-16-11-9(13)4-3-5-10(11)14/h3-5H,6-7H2,1-2H3. The Bertz CT molecular complexity index is 390. The zero-order valence-corrected chi connectivity index (χ0v) is 10.8. The van der Waals surface area contributed by atoms with Crippen molar-refractivity contribution in [3.05, 3.63) is 28.2 Å². The van der Waals surface area contributed by atoms with Gasteiger partial charge in [0.25, 0.3) is 0 Å². The van der Waals surface area contributed by atoms with Crippen molar-refractivity contribution in [1.82, 2.24) is 0 Å². The van der Waals surface area contributed by atoms with Gasteiger partial charge in [-0.15, -0.1) is 0 Å². The summed E-state index contributed by atoms with van der Waals surface area (Å²) in [7, 11) is 0. The molecule has 0 unspecified atom stereocenters. The second-order valence-electron chi connectivity index (χ2n) is 4.14. The summed E-state index contributed by atoms with van der Waals surface area (Å²) in [4.78, 5) is 0. The fourth-order valence-corrected chi connectivity index (χ4v) is 1.59. The van der Waals surface area contributed by atoms with Gasteiger partial charge in [0.05, 0.1) is 28.1 Å². The average molecular weight is 258 g/mol. The first kappa shape index (κ1) is 13.2. The smallest absolute Gasteiger partial charge is 0.156 e. The normalized spacial score (nSPS) is 10.9. The topological polar surface area (TPSA) is 33.0 Å². The van der Waals surface area contributed by atoms with E-state index in [9.17, 15) is 0 Å². The van der Waals surface area contributed by atoms with E-state index >= 15 is 0 Å². The van der Waals surface area contributed by atoms with Crippen LogP contribution >= 0.6 is 23.2 Å². The zero-order chi connectivity index (χ0) is 12.2. The van der Waals surface area contributed by atoms with Gasteiger partial charge in [0.1, 0.15) is 0 Å². The summed E-state index contributed by atoms with van der Waals surface area (Å²) in [5, 5.41) is 9.82. The van der Waals surface area contributed by atoms with Crippen molar-refractivity contribution in [1.29, 1.82) is 5.26 Å². The Morgan fingerprint density at radius 2 is 1.88 bits per heavy atom. The van der Waals surface area contributed by atoms with Gasteiger partial charge in [-0.2, -0.15) is 5.26 Å². The van der Waals surface area contributed by atoms with E-state index in [0.29, 0.717) is 28.8 Å². The van der Waals surface area contributed by atoms with E-state index in [0.717, 1.165) is 0 Å². The Kier molecular flexibility index (Phi) is 4.46. The molecule has 1 rings (SSSR count). The average Bonchev–Trinajstić information content (AvgIpc) is 2.22. The molecule has 0 aliphatic heterocycles. The van der Waals surface area contributed by atoms with Crippen LogP contribution in [0.25, 0.3) is 0 Å². The van der Waals surface area contributed by atoms with E-state index < -0.39 is 5.41 Å². The highest BCUT2D eigenvalue weighted by Crippen LogP contribution is 2.33. The van der Waals surface area contributed by atoms with E-state index in [1.807, 2.05) is 13.8 Å². The number of hydrogen-bond donors (Lipinski definition) is 0. The van der Waals surface area contributed by atoms with Gasteiger partial charge in [-0.05, 0) is 32.4 Å². The fourth-order valence-electron chi connectivity index (χ4n) is 1.08. The van der Waals surface area contributed by atoms with Crippen LogP contribution in [-0.2, 0) is 0 Å². The lowest BCUT2D eigenvalue weighted by Crippen LogP contribution is -2.13. The molecular weight excluding hydrogens is 245 g/mol. The number of para-hydroxylation sites is 1. The minimum absolute atomic E-state index is 0.395. The van der Waals surface area contributed by atoms with Gasteiger partial charge in [0.15, 0.2) is 5.75 Å². The number of benzene rings is 1. The van der Waals surface area contributed by atoms with Crippen molar-refractivity contribution in [3.63, 3.8) is 0 Å². The summed E-state index contributed by atoms with van der Waals surface area (Å²) >= 11 is 11.9. The van der Waals surface area contributed by atoms with Gasteiger partial charge >= 0.3 is 0 Å². The van der Waals surface area contributed by atoms with Crippen molar-refractivity contribution in [2.75, 3.05) is 6.61 Å². The number of hydrogen-bond acceptors (Lipinski definition) is 2. The van der Waals surface area contributed by atoms with E-state index in [4.69, 9.17) is 33.2 Å². The van der Waals surface area contributed by atoms with E-state index in [2.05, 4.69) is 6.07 Å². The third-order valence-corrected chi connectivity index (χ3v) is 2.79. The summed E-state index contributed by atoms with van der Waals surface area (Å²) < 4.78 is 5.49. The van der Waals surface area contributed by atoms with Crippen LogP contribution in [0.5, 0.6) is 5.75 Å². The number of nitrogens with zero attached hydrogens (tertiary/aromatic N) is 1. The molecule has 0 atom stereocenters. The Labute approximate surface area is 106 Å². The summed E-state index contributed by atoms with van der Waals surface area (Å²) in [6.07, 6.45) is 0.630. The molecule has 0 spiro atoms. The number of ether oxygens (including phenoxy) is 1. The van der Waals surface area contributed by atoms with Crippen LogP contribution in [0.15, 0.2) is 18.2 Å². The number of halogens is 2. The first-order chi connectivity index (χ1) is 7.46. The molecule has 0 saturated carbocycles. The second-order valence-corrected chi connectivity index (χ2v) is 4.96. The van der Waals surface area contributed by atoms with E-state index in [1.54, 1.807) is 18.2 Å². The largest absolute Gasteiger partial charge is 0.490 e. The van der Waals surface area contributed by atoms with Crippen LogP contribution < -0.4 is 4.74 Å². The first-order valence-corrected chi connectivity index (χ1v) is 5.70. The molecule has 0 amide bonds. The van der Waals surface area contributed by atoms with Crippen molar-refractivity contribution in [3.8, 4) is 11.8 Å². The highest BCUT2D eigenvalue weighted by atomic mass is 35.5. The Hall–Kier alpha value is -0.910. The Balaban J connectivity index is 2.60. The molecule has 0 aliphatic carbocycles. The van der Waals surface area contributed by atoms with Gasteiger partial charge in [-0.3, -0.25) is 0 Å². The predicted octanol–water partition coefficient (Wildman–Crippen LogP) is 4.31. The highest BCUT2D eigenvalue weighted by Gasteiger charge is 2.17. The van der Waals surface area contributed by atoms with Crippen LogP contribution in [0.1, 0.15) is 20.3 Å². The molecule has 0 saturated heterocycles. The summed E-state index contributed by atoms with van der Waals surface area (Å²) in [6.45, 7) is 4.15. The van der Waals surface area contributed by atoms with E-state index in [1.165, 1.54) is 0 Å². The van der Waals surface area contributed by atoms with Crippen LogP contribution in [-0.4, -0.2) is 6.61 Å². The lowest BCUT2D eigenvalue weighted by Gasteiger charge is -2.16. The monoisotopic (exact) mass is 257 g/mol. The minimum Gasteiger partial charge on any atom is -0.490 e. The molecule has 0 N–H and O–H groups in total. The van der Waals surface area contributed by atoms with Crippen molar-refractivity contribution >= 4 is 23.2 Å². The SMILES string of the molecule is CC(C)(C#N)CCOc1c(Cl)cccc1Cl. The zero-order valence-electron chi connectivity index (χ0n) is 9.26. The Morgan fingerprint density at radius 3 is 2.38 bits per heavy atom. The molecule has 16 heavy (non-hydrogen) atoms. The van der Waals surface area contributed by atoms with E-state index in [-0.39, 0.29) is 0 Å². The van der Waals surface area contributed by atoms with Crippen molar-refractivity contribution in [2.24, 2.45) is 5.41 Å². The third kappa shape index (κ3) is 3.59. The van der Waals surface area contributed by atoms with Gasteiger partial charge in [0, 0.05) is 0 Å². The second kappa shape index (κ2) is 5.43. The molecule has 4 heteroatoms. The Morgan fingerprint density at radius 1 is 1.31 bits per heavy atom. The summed E-state index contributed by atoms with van der Waals surface area (Å²) in [5.74, 6) is 0.486. The molecule has 0 fully saturated rings. The van der Waals surface area contributed by atoms with Crippen LogP contribution in [0.3, 0.4) is 0 Å². The van der Waals surface area contributed by atoms with Crippen LogP contribution in [0.4, 0.5) is 0 Å². The number of rotatable bonds is 4. The molecule has 86 valence electrons. The third-order valence-electron chi connectivity index (χ3n) is 2.20. The number of nitriles is 1. The maximum Gasteiger partial charge on any atom is 0.156 e. The lowest BCUT2D eigenvalue weighted by molar-refractivity contribution is 0.264. The quantitative estimate of drug-likeness (QED) is 0.806. The molecule has 0 aromatic heterocycles. The van der Waals surface area contributed by atoms with Crippen molar-refractivity contribution < 1.29 is 4.74 Å². The molecule has 0 heterocycles. The molecule has 2 nitrogen and oxygen atoms in total. The van der Waals surface area contributed by atoms with Gasteiger partial charge in [-0.25, -0.2) is 0 Å². The minimum atomic E-state index is -0.395. The maximum absolute atomic E-state index is 8.84. The summed E-state index contributed by atoms with van der Waals surface area (Å²) in [5.41, 5.74) is -0.395. The fraction of sp³-hybridized carbons (Fsp3) is 0.417. The molecular formula is C12H13Cl2NO. The molecule has 1 aromatic carbocycles. The van der Waals surface area contributed by atoms with Gasteiger partial charge in [0.2, 0.25) is 0 Å². The van der Waals surface area contributed by atoms with Gasteiger partial charge in [-0.1, -0.05) is 29.3 Å². The van der Waals surface area contributed by atoms with Gasteiger partial charge < -0.3 is 4.74 Å². The highest BCUT2D eigenvalue weighted by molar-refractivity contribution is 6.37. The summed E-state index contributed by atoms with van der Waals surface area (Å²) in [6, 6.07) is 7.41. The maximum atomic E-state index is 8.84. The predicted molar refractivity (Wildman–Crippen MR) is 66.0 cm³/mol.